The van der Waals surface area contributed by atoms with Crippen molar-refractivity contribution in [3.8, 4) is 5.75 Å². The van der Waals surface area contributed by atoms with E-state index in [2.05, 4.69) is 0 Å². The van der Waals surface area contributed by atoms with Gasteiger partial charge in [-0.05, 0) is 37.5 Å². The number of aliphatic hydroxyl groups is 1. The van der Waals surface area contributed by atoms with Gasteiger partial charge in [-0.25, -0.2) is 4.39 Å². The molecular formula is C13H17FO2. The van der Waals surface area contributed by atoms with Crippen molar-refractivity contribution in [3.05, 3.63) is 29.6 Å². The van der Waals surface area contributed by atoms with Crippen LogP contribution in [0, 0.1) is 5.82 Å². The molecule has 1 atom stereocenters. The fourth-order valence-corrected chi connectivity index (χ4v) is 1.78. The summed E-state index contributed by atoms with van der Waals surface area (Å²) < 4.78 is 18.9. The Morgan fingerprint density at radius 2 is 2.25 bits per heavy atom. The van der Waals surface area contributed by atoms with Gasteiger partial charge in [-0.3, -0.25) is 0 Å². The quantitative estimate of drug-likeness (QED) is 0.852. The highest BCUT2D eigenvalue weighted by Gasteiger charge is 2.21. The van der Waals surface area contributed by atoms with Gasteiger partial charge in [-0.2, -0.15) is 0 Å². The van der Waals surface area contributed by atoms with Crippen molar-refractivity contribution >= 4 is 0 Å². The van der Waals surface area contributed by atoms with Crippen molar-refractivity contribution in [3.63, 3.8) is 0 Å². The van der Waals surface area contributed by atoms with E-state index in [4.69, 9.17) is 9.84 Å². The molecular weight excluding hydrogens is 207 g/mol. The molecule has 1 aliphatic carbocycles. The first-order chi connectivity index (χ1) is 7.70. The molecule has 0 saturated heterocycles. The van der Waals surface area contributed by atoms with E-state index in [1.54, 1.807) is 6.07 Å². The van der Waals surface area contributed by atoms with E-state index < -0.39 is 0 Å². The first-order valence-electron chi connectivity index (χ1n) is 5.77. The molecule has 0 amide bonds. The molecule has 1 saturated carbocycles. The molecule has 0 aliphatic heterocycles. The van der Waals surface area contributed by atoms with E-state index in [0.29, 0.717) is 5.75 Å². The SMILES string of the molecule is CC(CO)c1cc(F)ccc1OC1CCC1. The molecule has 0 aromatic heterocycles. The predicted octanol–water partition coefficient (Wildman–Crippen LogP) is 2.85. The Kier molecular flexibility index (Phi) is 3.44. The summed E-state index contributed by atoms with van der Waals surface area (Å²) >= 11 is 0. The van der Waals surface area contributed by atoms with Crippen LogP contribution < -0.4 is 4.74 Å². The maximum absolute atomic E-state index is 13.1. The Hall–Kier alpha value is -1.09. The summed E-state index contributed by atoms with van der Waals surface area (Å²) in [6, 6.07) is 4.52. The molecule has 0 bridgehead atoms. The van der Waals surface area contributed by atoms with E-state index >= 15 is 0 Å². The average molecular weight is 224 g/mol. The zero-order valence-corrected chi connectivity index (χ0v) is 9.45. The number of hydrogen-bond acceptors (Lipinski definition) is 2. The lowest BCUT2D eigenvalue weighted by atomic mass is 9.95. The second-order valence-corrected chi connectivity index (χ2v) is 4.44. The molecule has 1 aromatic rings. The Morgan fingerprint density at radius 3 is 2.81 bits per heavy atom. The van der Waals surface area contributed by atoms with E-state index in [1.807, 2.05) is 6.92 Å². The highest BCUT2D eigenvalue weighted by atomic mass is 19.1. The molecule has 1 aromatic carbocycles. The zero-order chi connectivity index (χ0) is 11.5. The van der Waals surface area contributed by atoms with Crippen molar-refractivity contribution in [1.82, 2.24) is 0 Å². The Morgan fingerprint density at radius 1 is 1.50 bits per heavy atom. The Balaban J connectivity index is 2.20. The Bertz CT molecular complexity index is 361. The lowest BCUT2D eigenvalue weighted by Gasteiger charge is -2.28. The smallest absolute Gasteiger partial charge is 0.123 e. The minimum atomic E-state index is -0.281. The van der Waals surface area contributed by atoms with E-state index in [9.17, 15) is 4.39 Å². The number of benzene rings is 1. The van der Waals surface area contributed by atoms with E-state index in [0.717, 1.165) is 18.4 Å². The molecule has 1 aliphatic rings. The van der Waals surface area contributed by atoms with Crippen molar-refractivity contribution < 1.29 is 14.2 Å². The fourth-order valence-electron chi connectivity index (χ4n) is 1.78. The first kappa shape index (κ1) is 11.4. The molecule has 0 heterocycles. The molecule has 0 spiro atoms. The lowest BCUT2D eigenvalue weighted by molar-refractivity contribution is 0.117. The van der Waals surface area contributed by atoms with Gasteiger partial charge in [0.15, 0.2) is 0 Å². The number of aliphatic hydroxyl groups excluding tert-OH is 1. The molecule has 1 unspecified atom stereocenters. The van der Waals surface area contributed by atoms with Crippen molar-refractivity contribution in [2.45, 2.75) is 38.2 Å². The summed E-state index contributed by atoms with van der Waals surface area (Å²) in [4.78, 5) is 0. The zero-order valence-electron chi connectivity index (χ0n) is 9.45. The molecule has 0 radical (unpaired) electrons. The summed E-state index contributed by atoms with van der Waals surface area (Å²) in [5.41, 5.74) is 0.759. The maximum atomic E-state index is 13.1. The second-order valence-electron chi connectivity index (χ2n) is 4.44. The second kappa shape index (κ2) is 4.83. The molecule has 88 valence electrons. The standard InChI is InChI=1S/C13H17FO2/c1-9(8-15)12-7-10(14)5-6-13(12)16-11-3-2-4-11/h5-7,9,11,15H,2-4,8H2,1H3. The third-order valence-electron chi connectivity index (χ3n) is 3.12. The fraction of sp³-hybridized carbons (Fsp3) is 0.538. The molecule has 2 nitrogen and oxygen atoms in total. The molecule has 1 fully saturated rings. The third-order valence-corrected chi connectivity index (χ3v) is 3.12. The van der Waals surface area contributed by atoms with Crippen molar-refractivity contribution in [2.75, 3.05) is 6.61 Å². The van der Waals surface area contributed by atoms with Gasteiger partial charge in [0.2, 0.25) is 0 Å². The van der Waals surface area contributed by atoms with Crippen LogP contribution in [-0.4, -0.2) is 17.8 Å². The largest absolute Gasteiger partial charge is 0.490 e. The van der Waals surface area contributed by atoms with E-state index in [-0.39, 0.29) is 24.4 Å². The average Bonchev–Trinajstić information content (AvgIpc) is 2.23. The van der Waals surface area contributed by atoms with Crippen LogP contribution >= 0.6 is 0 Å². The number of halogens is 1. The number of ether oxygens (including phenoxy) is 1. The minimum absolute atomic E-state index is 0.00444. The van der Waals surface area contributed by atoms with Gasteiger partial charge >= 0.3 is 0 Å². The third kappa shape index (κ3) is 2.35. The van der Waals surface area contributed by atoms with Crippen LogP contribution in [0.4, 0.5) is 4.39 Å². The van der Waals surface area contributed by atoms with Gasteiger partial charge in [0.25, 0.3) is 0 Å². The topological polar surface area (TPSA) is 29.5 Å². The van der Waals surface area contributed by atoms with Crippen LogP contribution in [0.1, 0.15) is 37.7 Å². The highest BCUT2D eigenvalue weighted by molar-refractivity contribution is 5.37. The molecule has 2 rings (SSSR count). The number of rotatable bonds is 4. The normalized spacial score (nSPS) is 17.9. The van der Waals surface area contributed by atoms with Gasteiger partial charge in [0.05, 0.1) is 6.10 Å². The first-order valence-corrected chi connectivity index (χ1v) is 5.77. The van der Waals surface area contributed by atoms with Crippen molar-refractivity contribution in [1.29, 1.82) is 0 Å². The lowest BCUT2D eigenvalue weighted by Crippen LogP contribution is -2.25. The van der Waals surface area contributed by atoms with Crippen LogP contribution in [0.15, 0.2) is 18.2 Å². The minimum Gasteiger partial charge on any atom is -0.490 e. The van der Waals surface area contributed by atoms with Gasteiger partial charge < -0.3 is 9.84 Å². The predicted molar refractivity (Wildman–Crippen MR) is 60.2 cm³/mol. The molecule has 16 heavy (non-hydrogen) atoms. The van der Waals surface area contributed by atoms with Crippen LogP contribution in [0.2, 0.25) is 0 Å². The highest BCUT2D eigenvalue weighted by Crippen LogP contribution is 2.31. The summed E-state index contributed by atoms with van der Waals surface area (Å²) in [5.74, 6) is 0.342. The Labute approximate surface area is 95.1 Å². The van der Waals surface area contributed by atoms with Crippen molar-refractivity contribution in [2.24, 2.45) is 0 Å². The van der Waals surface area contributed by atoms with Crippen LogP contribution in [-0.2, 0) is 0 Å². The molecule has 3 heteroatoms. The van der Waals surface area contributed by atoms with E-state index in [1.165, 1.54) is 18.6 Å². The summed E-state index contributed by atoms with van der Waals surface area (Å²) in [5, 5.41) is 9.13. The van der Waals surface area contributed by atoms with Gasteiger partial charge in [-0.1, -0.05) is 6.92 Å². The maximum Gasteiger partial charge on any atom is 0.123 e. The number of hydrogen-bond donors (Lipinski definition) is 1. The molecule has 1 N–H and O–H groups in total. The van der Waals surface area contributed by atoms with Crippen LogP contribution in [0.25, 0.3) is 0 Å². The van der Waals surface area contributed by atoms with Crippen LogP contribution in [0.3, 0.4) is 0 Å². The van der Waals surface area contributed by atoms with Gasteiger partial charge in [0.1, 0.15) is 11.6 Å². The summed E-state index contributed by atoms with van der Waals surface area (Å²) in [6.45, 7) is 1.87. The monoisotopic (exact) mass is 224 g/mol. The summed E-state index contributed by atoms with van der Waals surface area (Å²) in [7, 11) is 0. The van der Waals surface area contributed by atoms with Gasteiger partial charge in [0, 0.05) is 18.1 Å². The van der Waals surface area contributed by atoms with Crippen LogP contribution in [0.5, 0.6) is 5.75 Å². The summed E-state index contributed by atoms with van der Waals surface area (Å²) in [6.07, 6.45) is 3.63. The van der Waals surface area contributed by atoms with Gasteiger partial charge in [-0.15, -0.1) is 0 Å².